The summed E-state index contributed by atoms with van der Waals surface area (Å²) in [5.41, 5.74) is 5.67. The molecule has 3 rings (SSSR count). The molecule has 8 heteroatoms. The predicted molar refractivity (Wildman–Crippen MR) is 71.4 cm³/mol. The first-order chi connectivity index (χ1) is 8.80. The normalized spacial score (nSPS) is 17.8. The molecule has 19 heavy (non-hydrogen) atoms. The van der Waals surface area contributed by atoms with Crippen molar-refractivity contribution in [2.24, 2.45) is 19.8 Å². The van der Waals surface area contributed by atoms with Crippen LogP contribution < -0.4 is 21.9 Å². The Labute approximate surface area is 108 Å². The molecule has 0 saturated carbocycles. The van der Waals surface area contributed by atoms with Crippen molar-refractivity contribution in [1.29, 1.82) is 0 Å². The van der Waals surface area contributed by atoms with Gasteiger partial charge in [0.1, 0.15) is 0 Å². The van der Waals surface area contributed by atoms with Gasteiger partial charge in [-0.05, 0) is 6.92 Å². The van der Waals surface area contributed by atoms with Gasteiger partial charge in [0, 0.05) is 32.7 Å². The molecule has 3 N–H and O–H groups in total. The van der Waals surface area contributed by atoms with Crippen LogP contribution in [0.25, 0.3) is 11.2 Å². The van der Waals surface area contributed by atoms with Crippen LogP contribution in [0.5, 0.6) is 0 Å². The van der Waals surface area contributed by atoms with Crippen LogP contribution in [-0.2, 0) is 14.1 Å². The van der Waals surface area contributed by atoms with E-state index in [1.807, 2.05) is 11.8 Å². The van der Waals surface area contributed by atoms with Crippen LogP contribution in [-0.4, -0.2) is 37.7 Å². The van der Waals surface area contributed by atoms with E-state index in [2.05, 4.69) is 9.97 Å². The maximum atomic E-state index is 12.0. The molecule has 0 amide bonds. The maximum absolute atomic E-state index is 12.0. The highest BCUT2D eigenvalue weighted by molar-refractivity contribution is 5.73. The lowest BCUT2D eigenvalue weighted by molar-refractivity contribution is 0.361. The van der Waals surface area contributed by atoms with Gasteiger partial charge in [0.15, 0.2) is 11.2 Å². The quantitative estimate of drug-likeness (QED) is 0.652. The van der Waals surface area contributed by atoms with E-state index < -0.39 is 0 Å². The number of aryl methyl sites for hydroxylation is 1. The first kappa shape index (κ1) is 12.0. The largest absolute Gasteiger partial charge is 0.339 e. The number of rotatable bonds is 1. The summed E-state index contributed by atoms with van der Waals surface area (Å²) in [6, 6.07) is 0. The van der Waals surface area contributed by atoms with Crippen molar-refractivity contribution in [1.82, 2.24) is 19.1 Å². The first-order valence-corrected chi connectivity index (χ1v) is 6.00. The number of nitrogens with zero attached hydrogens (tertiary/aromatic N) is 4. The van der Waals surface area contributed by atoms with Gasteiger partial charge in [-0.1, -0.05) is 0 Å². The van der Waals surface area contributed by atoms with Gasteiger partial charge in [0.25, 0.3) is 5.56 Å². The Bertz CT molecular complexity index is 773. The molecule has 1 saturated heterocycles. The van der Waals surface area contributed by atoms with E-state index >= 15 is 0 Å². The van der Waals surface area contributed by atoms with Crippen LogP contribution in [0.15, 0.2) is 9.59 Å². The van der Waals surface area contributed by atoms with Gasteiger partial charge < -0.3 is 15.6 Å². The Morgan fingerprint density at radius 3 is 2.47 bits per heavy atom. The molecule has 1 aliphatic heterocycles. The number of H-pyrrole nitrogens is 1. The molecule has 0 bridgehead atoms. The maximum Gasteiger partial charge on any atom is 0.332 e. The molecule has 0 atom stereocenters. The molecule has 0 unspecified atom stereocenters. The molecule has 0 aliphatic carbocycles. The smallest absolute Gasteiger partial charge is 0.332 e. The van der Waals surface area contributed by atoms with Gasteiger partial charge in [0.05, 0.1) is 0 Å². The average molecular weight is 264 g/mol. The van der Waals surface area contributed by atoms with E-state index in [9.17, 15) is 9.59 Å². The van der Waals surface area contributed by atoms with Gasteiger partial charge in [-0.3, -0.25) is 13.9 Å². The summed E-state index contributed by atoms with van der Waals surface area (Å²) in [6.07, 6.45) is 0. The fraction of sp³-hybridized carbons (Fsp3) is 0.545. The summed E-state index contributed by atoms with van der Waals surface area (Å²) in [7, 11) is 3.04. The lowest BCUT2D eigenvalue weighted by atomic mass is 9.94. The number of imidazole rings is 1. The van der Waals surface area contributed by atoms with Gasteiger partial charge in [-0.2, -0.15) is 4.98 Å². The zero-order chi connectivity index (χ0) is 13.9. The van der Waals surface area contributed by atoms with Crippen LogP contribution >= 0.6 is 0 Å². The minimum atomic E-state index is -0.386. The van der Waals surface area contributed by atoms with E-state index in [0.29, 0.717) is 30.2 Å². The third kappa shape index (κ3) is 1.60. The average Bonchev–Trinajstić information content (AvgIpc) is 2.75. The van der Waals surface area contributed by atoms with Crippen molar-refractivity contribution in [3.8, 4) is 0 Å². The molecular formula is C11H16N6O2. The summed E-state index contributed by atoms with van der Waals surface area (Å²) in [5, 5.41) is 0. The van der Waals surface area contributed by atoms with Crippen molar-refractivity contribution in [2.75, 3.05) is 18.0 Å². The topological polar surface area (TPSA) is 102 Å². The number of nitrogens with one attached hydrogen (secondary N) is 1. The molecule has 0 radical (unpaired) electrons. The molecule has 8 nitrogen and oxygen atoms in total. The third-order valence-corrected chi connectivity index (χ3v) is 3.49. The number of hydrogen-bond donors (Lipinski definition) is 2. The van der Waals surface area contributed by atoms with Crippen LogP contribution in [0.1, 0.15) is 6.92 Å². The number of aromatic nitrogens is 4. The highest BCUT2D eigenvalue weighted by atomic mass is 16.2. The zero-order valence-corrected chi connectivity index (χ0v) is 11.1. The van der Waals surface area contributed by atoms with E-state index in [1.165, 1.54) is 11.6 Å². The number of aromatic amines is 1. The summed E-state index contributed by atoms with van der Waals surface area (Å²) in [4.78, 5) is 33.1. The molecule has 1 fully saturated rings. The lowest BCUT2D eigenvalue weighted by Crippen LogP contribution is -2.66. The predicted octanol–water partition coefficient (Wildman–Crippen LogP) is -1.50. The molecule has 0 aromatic carbocycles. The van der Waals surface area contributed by atoms with Gasteiger partial charge in [-0.25, -0.2) is 4.79 Å². The van der Waals surface area contributed by atoms with Crippen LogP contribution in [0.2, 0.25) is 0 Å². The molecule has 3 heterocycles. The minimum Gasteiger partial charge on any atom is -0.339 e. The standard InChI is InChI=1S/C11H16N6O2/c1-11(12)4-17(5-11)9-13-6-7(14-9)15(2)10(19)16(3)8(6)18/h4-5,12H2,1-3H3,(H,13,14). The third-order valence-electron chi connectivity index (χ3n) is 3.49. The Morgan fingerprint density at radius 1 is 1.26 bits per heavy atom. The Kier molecular flexibility index (Phi) is 2.19. The number of nitrogens with two attached hydrogens (primary N) is 1. The minimum absolute atomic E-state index is 0.226. The van der Waals surface area contributed by atoms with Crippen molar-refractivity contribution < 1.29 is 0 Å². The molecule has 0 spiro atoms. The summed E-state index contributed by atoms with van der Waals surface area (Å²) < 4.78 is 2.42. The SMILES string of the molecule is Cn1c(=O)c2[nH]c(N3CC(C)(N)C3)nc2n(C)c1=O. The Hall–Kier alpha value is -2.09. The van der Waals surface area contributed by atoms with E-state index in [4.69, 9.17) is 5.73 Å². The number of anilines is 1. The molecule has 2 aromatic heterocycles. The van der Waals surface area contributed by atoms with Gasteiger partial charge in [-0.15, -0.1) is 0 Å². The Morgan fingerprint density at radius 2 is 1.89 bits per heavy atom. The van der Waals surface area contributed by atoms with Gasteiger partial charge >= 0.3 is 5.69 Å². The molecule has 2 aromatic rings. The highest BCUT2D eigenvalue weighted by Crippen LogP contribution is 2.23. The van der Waals surface area contributed by atoms with Crippen molar-refractivity contribution in [3.63, 3.8) is 0 Å². The number of hydrogen-bond acceptors (Lipinski definition) is 5. The van der Waals surface area contributed by atoms with E-state index in [1.54, 1.807) is 7.05 Å². The number of fused-ring (bicyclic) bond motifs is 1. The van der Waals surface area contributed by atoms with Crippen LogP contribution in [0, 0.1) is 0 Å². The monoisotopic (exact) mass is 264 g/mol. The molecule has 102 valence electrons. The fourth-order valence-electron chi connectivity index (χ4n) is 2.44. The highest BCUT2D eigenvalue weighted by Gasteiger charge is 2.36. The Balaban J connectivity index is 2.17. The summed E-state index contributed by atoms with van der Waals surface area (Å²) >= 11 is 0. The molecular weight excluding hydrogens is 248 g/mol. The van der Waals surface area contributed by atoms with Gasteiger partial charge in [0.2, 0.25) is 5.95 Å². The second-order valence-electron chi connectivity index (χ2n) is 5.47. The summed E-state index contributed by atoms with van der Waals surface area (Å²) in [5.74, 6) is 0.580. The van der Waals surface area contributed by atoms with E-state index in [0.717, 1.165) is 4.57 Å². The van der Waals surface area contributed by atoms with Crippen LogP contribution in [0.3, 0.4) is 0 Å². The van der Waals surface area contributed by atoms with E-state index in [-0.39, 0.29) is 16.8 Å². The second-order valence-corrected chi connectivity index (χ2v) is 5.47. The first-order valence-electron chi connectivity index (χ1n) is 6.00. The van der Waals surface area contributed by atoms with Crippen molar-refractivity contribution >= 4 is 17.1 Å². The lowest BCUT2D eigenvalue weighted by Gasteiger charge is -2.45. The van der Waals surface area contributed by atoms with Crippen molar-refractivity contribution in [3.05, 3.63) is 20.8 Å². The zero-order valence-electron chi connectivity index (χ0n) is 11.1. The molecule has 1 aliphatic rings. The fourth-order valence-corrected chi connectivity index (χ4v) is 2.44. The second kappa shape index (κ2) is 3.47. The van der Waals surface area contributed by atoms with Crippen LogP contribution in [0.4, 0.5) is 5.95 Å². The van der Waals surface area contributed by atoms with Crippen molar-refractivity contribution in [2.45, 2.75) is 12.5 Å². The summed E-state index contributed by atoms with van der Waals surface area (Å²) in [6.45, 7) is 3.29.